The summed E-state index contributed by atoms with van der Waals surface area (Å²) in [6, 6.07) is 9.17. The summed E-state index contributed by atoms with van der Waals surface area (Å²) < 4.78 is 0. The number of carbonyl (C=O) groups excluding carboxylic acids is 1. The van der Waals surface area contributed by atoms with Gasteiger partial charge in [-0.15, -0.1) is 11.6 Å². The molecule has 4 heteroatoms. The molecule has 2 heterocycles. The monoisotopic (exact) mass is 292 g/mol. The number of nitrogens with two attached hydrogens (primary N) is 1. The van der Waals surface area contributed by atoms with E-state index in [1.54, 1.807) is 6.07 Å². The van der Waals surface area contributed by atoms with Gasteiger partial charge in [-0.05, 0) is 49.3 Å². The van der Waals surface area contributed by atoms with E-state index in [4.69, 9.17) is 17.3 Å². The van der Waals surface area contributed by atoms with Crippen LogP contribution < -0.4 is 5.73 Å². The summed E-state index contributed by atoms with van der Waals surface area (Å²) in [7, 11) is 0. The number of alkyl halides is 1. The molecular formula is C16H21ClN2O. The van der Waals surface area contributed by atoms with Crippen LogP contribution in [0.2, 0.25) is 0 Å². The van der Waals surface area contributed by atoms with Crippen molar-refractivity contribution in [1.82, 2.24) is 4.90 Å². The predicted molar refractivity (Wildman–Crippen MR) is 81.2 cm³/mol. The Hall–Kier alpha value is -1.06. The number of fused-ring (bicyclic) bond motifs is 2. The summed E-state index contributed by atoms with van der Waals surface area (Å²) in [5.41, 5.74) is 7.27. The zero-order valence-corrected chi connectivity index (χ0v) is 12.4. The van der Waals surface area contributed by atoms with Crippen molar-refractivity contribution in [1.29, 1.82) is 0 Å². The van der Waals surface area contributed by atoms with Gasteiger partial charge in [0.1, 0.15) is 0 Å². The number of halogens is 1. The first kappa shape index (κ1) is 13.9. The maximum absolute atomic E-state index is 11.3. The number of rotatable bonds is 4. The second-order valence-corrected chi connectivity index (χ2v) is 6.35. The lowest BCUT2D eigenvalue weighted by molar-refractivity contribution is 0.1000. The van der Waals surface area contributed by atoms with Crippen molar-refractivity contribution < 1.29 is 4.79 Å². The van der Waals surface area contributed by atoms with Gasteiger partial charge in [0.05, 0.1) is 0 Å². The number of amides is 1. The first-order chi connectivity index (χ1) is 9.69. The molecule has 0 aromatic heterocycles. The molecule has 1 aromatic carbocycles. The van der Waals surface area contributed by atoms with Crippen LogP contribution in [-0.2, 0) is 0 Å². The number of piperidine rings is 1. The molecule has 108 valence electrons. The average Bonchev–Trinajstić information content (AvgIpc) is 2.70. The molecule has 1 aromatic rings. The topological polar surface area (TPSA) is 46.3 Å². The van der Waals surface area contributed by atoms with E-state index in [0.29, 0.717) is 23.6 Å². The van der Waals surface area contributed by atoms with E-state index >= 15 is 0 Å². The highest BCUT2D eigenvalue weighted by Gasteiger charge is 2.40. The minimum absolute atomic E-state index is 0.339. The molecule has 2 saturated heterocycles. The van der Waals surface area contributed by atoms with E-state index < -0.39 is 0 Å². The second-order valence-electron chi connectivity index (χ2n) is 5.97. The van der Waals surface area contributed by atoms with Crippen LogP contribution in [0, 0.1) is 0 Å². The van der Waals surface area contributed by atoms with E-state index in [1.165, 1.54) is 31.2 Å². The van der Waals surface area contributed by atoms with Crippen molar-refractivity contribution in [3.8, 4) is 0 Å². The van der Waals surface area contributed by atoms with Crippen molar-refractivity contribution in [2.24, 2.45) is 5.73 Å². The maximum atomic E-state index is 11.3. The Balaban J connectivity index is 1.77. The summed E-state index contributed by atoms with van der Waals surface area (Å²) in [5.74, 6) is 0.933. The Morgan fingerprint density at radius 1 is 1.30 bits per heavy atom. The minimum Gasteiger partial charge on any atom is -0.366 e. The van der Waals surface area contributed by atoms with Crippen LogP contribution in [0.15, 0.2) is 24.3 Å². The van der Waals surface area contributed by atoms with Crippen LogP contribution in [0.5, 0.6) is 0 Å². The van der Waals surface area contributed by atoms with E-state index in [9.17, 15) is 4.79 Å². The molecule has 0 spiro atoms. The largest absolute Gasteiger partial charge is 0.366 e. The van der Waals surface area contributed by atoms with Crippen LogP contribution in [0.4, 0.5) is 0 Å². The molecule has 0 saturated carbocycles. The second kappa shape index (κ2) is 5.74. The lowest BCUT2D eigenvalue weighted by Gasteiger charge is -2.39. The molecule has 2 fully saturated rings. The van der Waals surface area contributed by atoms with Crippen molar-refractivity contribution in [2.75, 3.05) is 12.4 Å². The summed E-state index contributed by atoms with van der Waals surface area (Å²) in [4.78, 5) is 13.9. The van der Waals surface area contributed by atoms with Crippen LogP contribution in [0.25, 0.3) is 0 Å². The molecule has 2 aliphatic rings. The molecule has 2 aliphatic heterocycles. The number of nitrogens with zero attached hydrogens (tertiary/aromatic N) is 1. The highest BCUT2D eigenvalue weighted by atomic mass is 35.5. The average molecular weight is 293 g/mol. The predicted octanol–water partition coefficient (Wildman–Crippen LogP) is 2.73. The van der Waals surface area contributed by atoms with Gasteiger partial charge in [-0.3, -0.25) is 9.69 Å². The van der Waals surface area contributed by atoms with E-state index in [0.717, 1.165) is 12.4 Å². The molecule has 3 atom stereocenters. The van der Waals surface area contributed by atoms with Crippen LogP contribution in [0.1, 0.15) is 47.5 Å². The number of hydrogen-bond donors (Lipinski definition) is 1. The van der Waals surface area contributed by atoms with Crippen LogP contribution in [-0.4, -0.2) is 35.3 Å². The number of carbonyl (C=O) groups is 1. The van der Waals surface area contributed by atoms with E-state index in [2.05, 4.69) is 11.0 Å². The lowest BCUT2D eigenvalue weighted by atomic mass is 9.84. The number of hydrogen-bond acceptors (Lipinski definition) is 2. The molecule has 1 amide bonds. The van der Waals surface area contributed by atoms with Crippen molar-refractivity contribution in [2.45, 2.75) is 43.7 Å². The minimum atomic E-state index is -0.339. The third kappa shape index (κ3) is 2.57. The van der Waals surface area contributed by atoms with Gasteiger partial charge >= 0.3 is 0 Å². The van der Waals surface area contributed by atoms with Gasteiger partial charge in [-0.2, -0.15) is 0 Å². The maximum Gasteiger partial charge on any atom is 0.248 e. The Bertz CT molecular complexity index is 491. The highest BCUT2D eigenvalue weighted by Crippen LogP contribution is 2.42. The summed E-state index contributed by atoms with van der Waals surface area (Å²) in [6.07, 6.45) is 4.92. The fourth-order valence-electron chi connectivity index (χ4n) is 3.95. The molecular weight excluding hydrogens is 272 g/mol. The smallest absolute Gasteiger partial charge is 0.248 e. The molecule has 2 N–H and O–H groups in total. The molecule has 0 aliphatic carbocycles. The third-order valence-corrected chi connectivity index (χ3v) is 5.04. The Morgan fingerprint density at radius 2 is 2.00 bits per heavy atom. The first-order valence-electron chi connectivity index (χ1n) is 7.40. The Labute approximate surface area is 125 Å². The zero-order valence-electron chi connectivity index (χ0n) is 11.6. The fourth-order valence-corrected chi connectivity index (χ4v) is 4.15. The van der Waals surface area contributed by atoms with Gasteiger partial charge in [0, 0.05) is 30.1 Å². The number of primary amides is 1. The fraction of sp³-hybridized carbons (Fsp3) is 0.562. The first-order valence-corrected chi connectivity index (χ1v) is 7.94. The molecule has 2 bridgehead atoms. The van der Waals surface area contributed by atoms with E-state index in [1.807, 2.05) is 12.1 Å². The zero-order chi connectivity index (χ0) is 14.1. The summed E-state index contributed by atoms with van der Waals surface area (Å²) in [5, 5.41) is 0. The van der Waals surface area contributed by atoms with Gasteiger partial charge in [-0.1, -0.05) is 12.1 Å². The SMILES string of the molecule is NC(=O)c1cccc([C@H]2C[C@H]3CC[C@@H](C2)N3CCCl)c1. The number of benzene rings is 1. The van der Waals surface area contributed by atoms with Crippen LogP contribution >= 0.6 is 11.6 Å². The normalized spacial score (nSPS) is 29.6. The summed E-state index contributed by atoms with van der Waals surface area (Å²) >= 11 is 5.91. The molecule has 3 rings (SSSR count). The van der Waals surface area contributed by atoms with Gasteiger partial charge in [0.15, 0.2) is 0 Å². The van der Waals surface area contributed by atoms with Gasteiger partial charge in [-0.25, -0.2) is 0 Å². The van der Waals surface area contributed by atoms with E-state index in [-0.39, 0.29) is 5.91 Å². The van der Waals surface area contributed by atoms with Gasteiger partial charge in [0.2, 0.25) is 5.91 Å². The van der Waals surface area contributed by atoms with Crippen molar-refractivity contribution >= 4 is 17.5 Å². The van der Waals surface area contributed by atoms with Crippen molar-refractivity contribution in [3.05, 3.63) is 35.4 Å². The Kier molecular flexibility index (Phi) is 3.99. The van der Waals surface area contributed by atoms with Gasteiger partial charge in [0.25, 0.3) is 0 Å². The molecule has 3 nitrogen and oxygen atoms in total. The third-order valence-electron chi connectivity index (χ3n) is 4.87. The highest BCUT2D eigenvalue weighted by molar-refractivity contribution is 6.18. The summed E-state index contributed by atoms with van der Waals surface area (Å²) in [6.45, 7) is 1.00. The molecule has 0 radical (unpaired) electrons. The quantitative estimate of drug-likeness (QED) is 0.868. The standard InChI is InChI=1S/C16H21ClN2O/c17-6-7-19-14-4-5-15(19)10-13(9-14)11-2-1-3-12(8-11)16(18)20/h1-3,8,13-15H,4-7,9-10H2,(H2,18,20)/t13-,14+,15-. The Morgan fingerprint density at radius 3 is 2.60 bits per heavy atom. The van der Waals surface area contributed by atoms with Gasteiger partial charge < -0.3 is 5.73 Å². The van der Waals surface area contributed by atoms with Crippen LogP contribution in [0.3, 0.4) is 0 Å². The van der Waals surface area contributed by atoms with Crippen molar-refractivity contribution in [3.63, 3.8) is 0 Å². The molecule has 0 unspecified atom stereocenters. The molecule has 20 heavy (non-hydrogen) atoms. The lowest BCUT2D eigenvalue weighted by Crippen LogP contribution is -2.43.